The molecule has 0 saturated heterocycles. The number of halogens is 2. The lowest BCUT2D eigenvalue weighted by Crippen LogP contribution is -2.18. The Bertz CT molecular complexity index is 466. The van der Waals surface area contributed by atoms with Gasteiger partial charge in [0.2, 0.25) is 0 Å². The summed E-state index contributed by atoms with van der Waals surface area (Å²) < 4.78 is 0. The fraction of sp³-hybridized carbons (Fsp3) is 0.143. The molecule has 1 N–H and O–H groups in total. The van der Waals surface area contributed by atoms with Crippen LogP contribution in [0.3, 0.4) is 0 Å². The van der Waals surface area contributed by atoms with Crippen molar-refractivity contribution in [3.8, 4) is 0 Å². The van der Waals surface area contributed by atoms with E-state index in [9.17, 15) is 0 Å². The van der Waals surface area contributed by atoms with Crippen LogP contribution in [0, 0.1) is 0 Å². The number of hydrogen-bond acceptors (Lipinski definition) is 1. The number of rotatable bonds is 3. The standard InChI is InChI=1S/C14H13Cl2N/c1-17-14(10-6-2-4-8-12(10)15)11-7-3-5-9-13(11)16/h2-9,14,17H,1H3. The number of nitrogens with one attached hydrogen (secondary N) is 1. The van der Waals surface area contributed by atoms with E-state index in [-0.39, 0.29) is 6.04 Å². The third-order valence-corrected chi connectivity index (χ3v) is 3.41. The van der Waals surface area contributed by atoms with E-state index in [1.807, 2.05) is 55.6 Å². The summed E-state index contributed by atoms with van der Waals surface area (Å²) in [5.41, 5.74) is 2.06. The van der Waals surface area contributed by atoms with Crippen LogP contribution in [0.25, 0.3) is 0 Å². The van der Waals surface area contributed by atoms with E-state index in [0.717, 1.165) is 21.2 Å². The van der Waals surface area contributed by atoms with Crippen molar-refractivity contribution in [3.63, 3.8) is 0 Å². The van der Waals surface area contributed by atoms with E-state index in [1.54, 1.807) is 0 Å². The van der Waals surface area contributed by atoms with Gasteiger partial charge in [-0.05, 0) is 30.3 Å². The molecule has 0 aliphatic rings. The predicted molar refractivity (Wildman–Crippen MR) is 73.8 cm³/mol. The normalized spacial score (nSPS) is 10.8. The summed E-state index contributed by atoms with van der Waals surface area (Å²) in [7, 11) is 1.90. The second-order valence-corrected chi connectivity index (χ2v) is 4.58. The van der Waals surface area contributed by atoms with Gasteiger partial charge in [0.15, 0.2) is 0 Å². The summed E-state index contributed by atoms with van der Waals surface area (Å²) in [4.78, 5) is 0. The summed E-state index contributed by atoms with van der Waals surface area (Å²) in [6.45, 7) is 0. The van der Waals surface area contributed by atoms with Crippen LogP contribution in [0.4, 0.5) is 0 Å². The Morgan fingerprint density at radius 3 is 1.59 bits per heavy atom. The van der Waals surface area contributed by atoms with Gasteiger partial charge in [-0.25, -0.2) is 0 Å². The third-order valence-electron chi connectivity index (χ3n) is 2.72. The number of hydrogen-bond donors (Lipinski definition) is 1. The van der Waals surface area contributed by atoms with E-state index in [2.05, 4.69) is 5.32 Å². The summed E-state index contributed by atoms with van der Waals surface area (Å²) in [5, 5.41) is 4.73. The van der Waals surface area contributed by atoms with Gasteiger partial charge in [-0.3, -0.25) is 0 Å². The molecule has 88 valence electrons. The molecular formula is C14H13Cl2N. The van der Waals surface area contributed by atoms with E-state index in [1.165, 1.54) is 0 Å². The lowest BCUT2D eigenvalue weighted by atomic mass is 9.99. The van der Waals surface area contributed by atoms with Crippen LogP contribution in [0.1, 0.15) is 17.2 Å². The maximum atomic E-state index is 6.22. The summed E-state index contributed by atoms with van der Waals surface area (Å²) >= 11 is 12.4. The Labute approximate surface area is 111 Å². The maximum absolute atomic E-state index is 6.22. The lowest BCUT2D eigenvalue weighted by Gasteiger charge is -2.19. The zero-order valence-electron chi connectivity index (χ0n) is 9.45. The van der Waals surface area contributed by atoms with Gasteiger partial charge < -0.3 is 5.32 Å². The molecule has 0 atom stereocenters. The molecular weight excluding hydrogens is 253 g/mol. The van der Waals surface area contributed by atoms with Gasteiger partial charge in [0.1, 0.15) is 0 Å². The van der Waals surface area contributed by atoms with Crippen LogP contribution in [-0.2, 0) is 0 Å². The first kappa shape index (κ1) is 12.4. The molecule has 0 saturated carbocycles. The third kappa shape index (κ3) is 2.63. The van der Waals surface area contributed by atoms with E-state index >= 15 is 0 Å². The van der Waals surface area contributed by atoms with Crippen LogP contribution < -0.4 is 5.32 Å². The first-order chi connectivity index (χ1) is 8.24. The zero-order valence-corrected chi connectivity index (χ0v) is 11.0. The molecule has 0 aliphatic heterocycles. The molecule has 0 aliphatic carbocycles. The summed E-state index contributed by atoms with van der Waals surface area (Å²) in [6.07, 6.45) is 0. The average Bonchev–Trinajstić information content (AvgIpc) is 2.34. The fourth-order valence-corrected chi connectivity index (χ4v) is 2.39. The van der Waals surface area contributed by atoms with Gasteiger partial charge >= 0.3 is 0 Å². The van der Waals surface area contributed by atoms with E-state index < -0.39 is 0 Å². The second-order valence-electron chi connectivity index (χ2n) is 3.76. The first-order valence-corrected chi connectivity index (χ1v) is 6.15. The van der Waals surface area contributed by atoms with Crippen molar-refractivity contribution in [1.29, 1.82) is 0 Å². The van der Waals surface area contributed by atoms with Crippen molar-refractivity contribution >= 4 is 23.2 Å². The van der Waals surface area contributed by atoms with Crippen molar-refractivity contribution in [1.82, 2.24) is 5.32 Å². The Morgan fingerprint density at radius 2 is 1.24 bits per heavy atom. The van der Waals surface area contributed by atoms with Crippen molar-refractivity contribution in [2.24, 2.45) is 0 Å². The topological polar surface area (TPSA) is 12.0 Å². The summed E-state index contributed by atoms with van der Waals surface area (Å²) in [6, 6.07) is 15.6. The van der Waals surface area contributed by atoms with E-state index in [0.29, 0.717) is 0 Å². The Hall–Kier alpha value is -1.02. The maximum Gasteiger partial charge on any atom is 0.0603 e. The van der Waals surface area contributed by atoms with Crippen molar-refractivity contribution < 1.29 is 0 Å². The minimum absolute atomic E-state index is 0.0115. The van der Waals surface area contributed by atoms with Crippen LogP contribution >= 0.6 is 23.2 Å². The van der Waals surface area contributed by atoms with Gasteiger partial charge in [-0.2, -0.15) is 0 Å². The van der Waals surface area contributed by atoms with Crippen LogP contribution in [0.2, 0.25) is 10.0 Å². The minimum Gasteiger partial charge on any atom is -0.309 e. The fourth-order valence-electron chi connectivity index (χ4n) is 1.90. The Kier molecular flexibility index (Phi) is 4.06. The zero-order chi connectivity index (χ0) is 12.3. The predicted octanol–water partition coefficient (Wildman–Crippen LogP) is 4.30. The molecule has 0 fully saturated rings. The molecule has 2 aromatic rings. The molecule has 0 radical (unpaired) electrons. The molecule has 0 aromatic heterocycles. The Morgan fingerprint density at radius 1 is 0.824 bits per heavy atom. The highest BCUT2D eigenvalue weighted by Gasteiger charge is 2.16. The van der Waals surface area contributed by atoms with Gasteiger partial charge in [-0.1, -0.05) is 59.6 Å². The Balaban J connectivity index is 2.48. The average molecular weight is 266 g/mol. The SMILES string of the molecule is CNC(c1ccccc1Cl)c1ccccc1Cl. The highest BCUT2D eigenvalue weighted by Crippen LogP contribution is 2.31. The molecule has 2 rings (SSSR count). The highest BCUT2D eigenvalue weighted by atomic mass is 35.5. The van der Waals surface area contributed by atoms with Gasteiger partial charge in [0, 0.05) is 10.0 Å². The smallest absolute Gasteiger partial charge is 0.0603 e. The van der Waals surface area contributed by atoms with Crippen LogP contribution in [0.5, 0.6) is 0 Å². The molecule has 0 unspecified atom stereocenters. The largest absolute Gasteiger partial charge is 0.309 e. The van der Waals surface area contributed by atoms with Crippen molar-refractivity contribution in [3.05, 3.63) is 69.7 Å². The van der Waals surface area contributed by atoms with E-state index in [4.69, 9.17) is 23.2 Å². The van der Waals surface area contributed by atoms with Gasteiger partial charge in [0.05, 0.1) is 6.04 Å². The van der Waals surface area contributed by atoms with Gasteiger partial charge in [-0.15, -0.1) is 0 Å². The molecule has 1 nitrogen and oxygen atoms in total. The first-order valence-electron chi connectivity index (χ1n) is 5.40. The minimum atomic E-state index is 0.0115. The molecule has 17 heavy (non-hydrogen) atoms. The summed E-state index contributed by atoms with van der Waals surface area (Å²) in [5.74, 6) is 0. The number of benzene rings is 2. The highest BCUT2D eigenvalue weighted by molar-refractivity contribution is 6.32. The monoisotopic (exact) mass is 265 g/mol. The lowest BCUT2D eigenvalue weighted by molar-refractivity contribution is 0.692. The van der Waals surface area contributed by atoms with Crippen molar-refractivity contribution in [2.45, 2.75) is 6.04 Å². The molecule has 0 spiro atoms. The van der Waals surface area contributed by atoms with Gasteiger partial charge in [0.25, 0.3) is 0 Å². The molecule has 0 heterocycles. The molecule has 0 bridgehead atoms. The molecule has 0 amide bonds. The molecule has 3 heteroatoms. The second kappa shape index (κ2) is 5.54. The quantitative estimate of drug-likeness (QED) is 0.873. The van der Waals surface area contributed by atoms with Crippen LogP contribution in [0.15, 0.2) is 48.5 Å². The molecule has 2 aromatic carbocycles. The van der Waals surface area contributed by atoms with Crippen molar-refractivity contribution in [2.75, 3.05) is 7.05 Å². The van der Waals surface area contributed by atoms with Crippen LogP contribution in [-0.4, -0.2) is 7.05 Å².